The Kier molecular flexibility index (Phi) is 6.76. The molecule has 0 spiro atoms. The van der Waals surface area contributed by atoms with Crippen LogP contribution in [0.4, 0.5) is 5.69 Å². The minimum atomic E-state index is -0.574. The number of nitro benzene ring substituents is 1. The summed E-state index contributed by atoms with van der Waals surface area (Å²) in [5.74, 6) is -0.00512. The fraction of sp³-hybridized carbons (Fsp3) is 0.600. The molecule has 1 aromatic rings. The zero-order chi connectivity index (χ0) is 16.3. The van der Waals surface area contributed by atoms with Gasteiger partial charge in [-0.3, -0.25) is 15.0 Å². The van der Waals surface area contributed by atoms with E-state index in [1.807, 2.05) is 13.8 Å². The minimum Gasteiger partial charge on any atom is -0.508 e. The van der Waals surface area contributed by atoms with Crippen molar-refractivity contribution in [2.75, 3.05) is 32.8 Å². The Bertz CT molecular complexity index is 548. The SMILES string of the molecule is CC(C)(CO)[C@H](c1cc(O)ccc1[N+](=O)[O-])N1CCNCC1.Cl. The molecule has 0 bridgehead atoms. The van der Waals surface area contributed by atoms with Gasteiger partial charge < -0.3 is 15.5 Å². The normalized spacial score (nSPS) is 17.3. The van der Waals surface area contributed by atoms with Gasteiger partial charge in [-0.15, -0.1) is 12.4 Å². The Morgan fingerprint density at radius 1 is 1.39 bits per heavy atom. The summed E-state index contributed by atoms with van der Waals surface area (Å²) in [7, 11) is 0. The molecule has 8 heteroatoms. The zero-order valence-electron chi connectivity index (χ0n) is 13.4. The highest BCUT2D eigenvalue weighted by molar-refractivity contribution is 5.85. The molecule has 2 rings (SSSR count). The van der Waals surface area contributed by atoms with E-state index in [2.05, 4.69) is 10.2 Å². The Hall–Kier alpha value is -1.41. The van der Waals surface area contributed by atoms with Crippen LogP contribution in [0.1, 0.15) is 25.5 Å². The molecule has 1 aliphatic rings. The van der Waals surface area contributed by atoms with E-state index in [4.69, 9.17) is 0 Å². The topological polar surface area (TPSA) is 98.9 Å². The molecule has 1 saturated heterocycles. The van der Waals surface area contributed by atoms with Crippen LogP contribution in [0.2, 0.25) is 0 Å². The van der Waals surface area contributed by atoms with Gasteiger partial charge in [0.1, 0.15) is 5.75 Å². The van der Waals surface area contributed by atoms with E-state index < -0.39 is 10.3 Å². The molecule has 1 heterocycles. The lowest BCUT2D eigenvalue weighted by Crippen LogP contribution is -2.49. The smallest absolute Gasteiger partial charge is 0.274 e. The molecular weight excluding hydrogens is 322 g/mol. The third-order valence-electron chi connectivity index (χ3n) is 4.17. The maximum absolute atomic E-state index is 11.4. The number of hydrogen-bond donors (Lipinski definition) is 3. The molecule has 0 aliphatic carbocycles. The summed E-state index contributed by atoms with van der Waals surface area (Å²) in [5, 5.41) is 34.2. The number of nitrogens with zero attached hydrogens (tertiary/aromatic N) is 2. The fourth-order valence-electron chi connectivity index (χ4n) is 3.07. The molecule has 0 saturated carbocycles. The zero-order valence-corrected chi connectivity index (χ0v) is 14.2. The number of phenolic OH excluding ortho intramolecular Hbond substituents is 1. The molecule has 0 aromatic heterocycles. The Balaban J connectivity index is 0.00000264. The molecule has 1 fully saturated rings. The first-order chi connectivity index (χ1) is 10.4. The van der Waals surface area contributed by atoms with Crippen molar-refractivity contribution in [2.45, 2.75) is 19.9 Å². The van der Waals surface area contributed by atoms with Crippen molar-refractivity contribution >= 4 is 18.1 Å². The second-order valence-electron chi connectivity index (χ2n) is 6.34. The predicted molar refractivity (Wildman–Crippen MR) is 90.1 cm³/mol. The van der Waals surface area contributed by atoms with E-state index in [0.717, 1.165) is 26.2 Å². The summed E-state index contributed by atoms with van der Waals surface area (Å²) in [6.07, 6.45) is 0. The van der Waals surface area contributed by atoms with Gasteiger partial charge in [-0.05, 0) is 12.1 Å². The number of nitro groups is 1. The van der Waals surface area contributed by atoms with Gasteiger partial charge >= 0.3 is 0 Å². The lowest BCUT2D eigenvalue weighted by Gasteiger charge is -2.43. The summed E-state index contributed by atoms with van der Waals surface area (Å²) >= 11 is 0. The van der Waals surface area contributed by atoms with Crippen molar-refractivity contribution in [1.82, 2.24) is 10.2 Å². The summed E-state index contributed by atoms with van der Waals surface area (Å²) in [6.45, 7) is 6.73. The highest BCUT2D eigenvalue weighted by Crippen LogP contribution is 2.43. The number of phenols is 1. The van der Waals surface area contributed by atoms with Crippen LogP contribution in [0.25, 0.3) is 0 Å². The van der Waals surface area contributed by atoms with Crippen molar-refractivity contribution in [3.63, 3.8) is 0 Å². The summed E-state index contributed by atoms with van der Waals surface area (Å²) in [6, 6.07) is 3.75. The van der Waals surface area contributed by atoms with Gasteiger partial charge in [0.05, 0.1) is 10.5 Å². The van der Waals surface area contributed by atoms with Crippen LogP contribution in [0.3, 0.4) is 0 Å². The average molecular weight is 346 g/mol. The molecular formula is C15H24ClN3O4. The number of benzene rings is 1. The number of rotatable bonds is 5. The second kappa shape index (κ2) is 7.92. The van der Waals surface area contributed by atoms with E-state index in [0.29, 0.717) is 5.56 Å². The van der Waals surface area contributed by atoms with Crippen LogP contribution in [0.15, 0.2) is 18.2 Å². The predicted octanol–water partition coefficient (Wildman–Crippen LogP) is 1.69. The highest BCUT2D eigenvalue weighted by Gasteiger charge is 2.39. The van der Waals surface area contributed by atoms with Crippen molar-refractivity contribution < 1.29 is 15.1 Å². The molecule has 1 atom stereocenters. The van der Waals surface area contributed by atoms with Crippen LogP contribution >= 0.6 is 12.4 Å². The molecule has 7 nitrogen and oxygen atoms in total. The van der Waals surface area contributed by atoms with E-state index in [1.54, 1.807) is 0 Å². The van der Waals surface area contributed by atoms with Gasteiger partial charge in [-0.25, -0.2) is 0 Å². The Morgan fingerprint density at radius 3 is 2.52 bits per heavy atom. The summed E-state index contributed by atoms with van der Waals surface area (Å²) < 4.78 is 0. The van der Waals surface area contributed by atoms with Crippen LogP contribution in [0.5, 0.6) is 5.75 Å². The standard InChI is InChI=1S/C15H23N3O4.ClH/c1-15(2,10-19)14(17-7-5-16-6-8-17)12-9-11(20)3-4-13(12)18(21)22;/h3-4,9,14,16,19-20H,5-8,10H2,1-2H3;1H/t14-;/m0./s1. The third kappa shape index (κ3) is 4.32. The molecule has 1 aromatic carbocycles. The van der Waals surface area contributed by atoms with Crippen LogP contribution < -0.4 is 5.32 Å². The number of aliphatic hydroxyl groups excluding tert-OH is 1. The van der Waals surface area contributed by atoms with Crippen molar-refractivity contribution in [3.05, 3.63) is 33.9 Å². The van der Waals surface area contributed by atoms with Crippen LogP contribution in [-0.4, -0.2) is 52.8 Å². The maximum atomic E-state index is 11.4. The van der Waals surface area contributed by atoms with Gasteiger partial charge in [0.15, 0.2) is 0 Å². The van der Waals surface area contributed by atoms with Gasteiger partial charge in [0.2, 0.25) is 0 Å². The van der Waals surface area contributed by atoms with E-state index >= 15 is 0 Å². The summed E-state index contributed by atoms with van der Waals surface area (Å²) in [5.41, 5.74) is -0.149. The number of nitrogens with one attached hydrogen (secondary N) is 1. The molecule has 3 N–H and O–H groups in total. The highest BCUT2D eigenvalue weighted by atomic mass is 35.5. The lowest BCUT2D eigenvalue weighted by atomic mass is 9.79. The van der Waals surface area contributed by atoms with E-state index in [1.165, 1.54) is 18.2 Å². The lowest BCUT2D eigenvalue weighted by molar-refractivity contribution is -0.386. The Labute approximate surface area is 141 Å². The van der Waals surface area contributed by atoms with Gasteiger partial charge in [-0.1, -0.05) is 13.8 Å². The van der Waals surface area contributed by atoms with Crippen LogP contribution in [0, 0.1) is 15.5 Å². The summed E-state index contributed by atoms with van der Waals surface area (Å²) in [4.78, 5) is 13.1. The second-order valence-corrected chi connectivity index (χ2v) is 6.34. The van der Waals surface area contributed by atoms with E-state index in [9.17, 15) is 20.3 Å². The Morgan fingerprint density at radius 2 is 2.00 bits per heavy atom. The number of halogens is 1. The quantitative estimate of drug-likeness (QED) is 0.555. The molecule has 0 unspecified atom stereocenters. The number of aliphatic hydroxyl groups is 1. The van der Waals surface area contributed by atoms with Crippen molar-refractivity contribution in [3.8, 4) is 5.75 Å². The van der Waals surface area contributed by atoms with Gasteiger partial charge in [0, 0.05) is 50.3 Å². The molecule has 0 radical (unpaired) electrons. The van der Waals surface area contributed by atoms with Gasteiger partial charge in [-0.2, -0.15) is 0 Å². The molecule has 0 amide bonds. The largest absolute Gasteiger partial charge is 0.508 e. The first kappa shape index (κ1) is 19.6. The van der Waals surface area contributed by atoms with Crippen molar-refractivity contribution in [1.29, 1.82) is 0 Å². The monoisotopic (exact) mass is 345 g/mol. The fourth-order valence-corrected chi connectivity index (χ4v) is 3.07. The van der Waals surface area contributed by atoms with E-state index in [-0.39, 0.29) is 36.5 Å². The number of hydrogen-bond acceptors (Lipinski definition) is 6. The first-order valence-electron chi connectivity index (χ1n) is 7.40. The first-order valence-corrected chi connectivity index (χ1v) is 7.40. The van der Waals surface area contributed by atoms with Crippen molar-refractivity contribution in [2.24, 2.45) is 5.41 Å². The number of piperazine rings is 1. The minimum absolute atomic E-state index is 0. The molecule has 1 aliphatic heterocycles. The van der Waals surface area contributed by atoms with Crippen LogP contribution in [-0.2, 0) is 0 Å². The average Bonchev–Trinajstić information content (AvgIpc) is 2.48. The van der Waals surface area contributed by atoms with Gasteiger partial charge in [0.25, 0.3) is 5.69 Å². The maximum Gasteiger partial charge on any atom is 0.274 e. The molecule has 130 valence electrons. The number of aromatic hydroxyl groups is 1. The molecule has 23 heavy (non-hydrogen) atoms. The third-order valence-corrected chi connectivity index (χ3v) is 4.17.